The van der Waals surface area contributed by atoms with Crippen molar-refractivity contribution in [2.45, 2.75) is 26.8 Å². The highest BCUT2D eigenvalue weighted by Crippen LogP contribution is 2.20. The fraction of sp³-hybridized carbons (Fsp3) is 0.769. The molecule has 0 amide bonds. The van der Waals surface area contributed by atoms with E-state index in [9.17, 15) is 0 Å². The van der Waals surface area contributed by atoms with Crippen LogP contribution in [0.5, 0.6) is 0 Å². The molecule has 1 atom stereocenters. The standard InChI is InChI=1S/C13H25N3OS/c1-5-11(2)9-16(3)13-15-12(10-18-13)8-14-6-7-17-4/h10-11,14H,5-9H2,1-4H3. The normalized spacial score (nSPS) is 12.7. The lowest BCUT2D eigenvalue weighted by Gasteiger charge is -2.19. The van der Waals surface area contributed by atoms with E-state index in [-0.39, 0.29) is 0 Å². The van der Waals surface area contributed by atoms with Crippen LogP contribution in [0, 0.1) is 5.92 Å². The number of hydrogen-bond donors (Lipinski definition) is 1. The van der Waals surface area contributed by atoms with Gasteiger partial charge in [0.2, 0.25) is 0 Å². The Bertz CT molecular complexity index is 330. The zero-order valence-electron chi connectivity index (χ0n) is 11.9. The lowest BCUT2D eigenvalue weighted by molar-refractivity contribution is 0.199. The van der Waals surface area contributed by atoms with Gasteiger partial charge in [-0.1, -0.05) is 20.3 Å². The predicted octanol–water partition coefficient (Wildman–Crippen LogP) is 2.36. The lowest BCUT2D eigenvalue weighted by Crippen LogP contribution is -2.23. The maximum Gasteiger partial charge on any atom is 0.185 e. The highest BCUT2D eigenvalue weighted by Gasteiger charge is 2.09. The fourth-order valence-electron chi connectivity index (χ4n) is 1.62. The van der Waals surface area contributed by atoms with Crippen molar-refractivity contribution >= 4 is 16.5 Å². The summed E-state index contributed by atoms with van der Waals surface area (Å²) < 4.78 is 4.99. The molecule has 0 saturated heterocycles. The predicted molar refractivity (Wildman–Crippen MR) is 78.4 cm³/mol. The Balaban J connectivity index is 2.37. The molecule has 0 aromatic carbocycles. The third-order valence-corrected chi connectivity index (χ3v) is 3.94. The maximum absolute atomic E-state index is 4.99. The number of rotatable bonds is 9. The Morgan fingerprint density at radius 2 is 2.33 bits per heavy atom. The average Bonchev–Trinajstić information content (AvgIpc) is 2.83. The number of methoxy groups -OCH3 is 1. The molecule has 104 valence electrons. The molecule has 1 aromatic heterocycles. The second kappa shape index (κ2) is 8.45. The first-order valence-electron chi connectivity index (χ1n) is 6.52. The van der Waals surface area contributed by atoms with Gasteiger partial charge < -0.3 is 15.0 Å². The summed E-state index contributed by atoms with van der Waals surface area (Å²) in [6.07, 6.45) is 1.21. The van der Waals surface area contributed by atoms with Gasteiger partial charge in [-0.3, -0.25) is 0 Å². The molecule has 18 heavy (non-hydrogen) atoms. The van der Waals surface area contributed by atoms with Crippen LogP contribution in [0.25, 0.3) is 0 Å². The summed E-state index contributed by atoms with van der Waals surface area (Å²) in [6.45, 7) is 8.00. The van der Waals surface area contributed by atoms with Crippen molar-refractivity contribution in [1.29, 1.82) is 0 Å². The van der Waals surface area contributed by atoms with E-state index in [1.165, 1.54) is 6.42 Å². The smallest absolute Gasteiger partial charge is 0.185 e. The Labute approximate surface area is 114 Å². The van der Waals surface area contributed by atoms with E-state index in [2.05, 4.69) is 41.5 Å². The summed E-state index contributed by atoms with van der Waals surface area (Å²) >= 11 is 1.72. The summed E-state index contributed by atoms with van der Waals surface area (Å²) in [6, 6.07) is 0. The number of thiazole rings is 1. The van der Waals surface area contributed by atoms with Crippen LogP contribution in [-0.2, 0) is 11.3 Å². The molecule has 1 aromatic rings. The van der Waals surface area contributed by atoms with Crippen molar-refractivity contribution in [2.24, 2.45) is 5.92 Å². The number of anilines is 1. The van der Waals surface area contributed by atoms with Crippen molar-refractivity contribution in [3.05, 3.63) is 11.1 Å². The molecule has 0 spiro atoms. The molecule has 0 radical (unpaired) electrons. The van der Waals surface area contributed by atoms with E-state index >= 15 is 0 Å². The number of nitrogens with zero attached hydrogens (tertiary/aromatic N) is 2. The maximum atomic E-state index is 4.99. The minimum Gasteiger partial charge on any atom is -0.383 e. The van der Waals surface area contributed by atoms with Gasteiger partial charge in [-0.25, -0.2) is 4.98 Å². The molecular formula is C13H25N3OS. The molecule has 0 fully saturated rings. The summed E-state index contributed by atoms with van der Waals surface area (Å²) in [5, 5.41) is 6.54. The van der Waals surface area contributed by atoms with Gasteiger partial charge in [0.25, 0.3) is 0 Å². The average molecular weight is 271 g/mol. The molecule has 0 aliphatic heterocycles. The highest BCUT2D eigenvalue weighted by molar-refractivity contribution is 7.13. The van der Waals surface area contributed by atoms with Gasteiger partial charge in [0.1, 0.15) is 0 Å². The van der Waals surface area contributed by atoms with Gasteiger partial charge in [0.05, 0.1) is 12.3 Å². The van der Waals surface area contributed by atoms with Crippen LogP contribution >= 0.6 is 11.3 Å². The van der Waals surface area contributed by atoms with E-state index < -0.39 is 0 Å². The van der Waals surface area contributed by atoms with Crippen LogP contribution in [0.3, 0.4) is 0 Å². The molecule has 5 heteroatoms. The largest absolute Gasteiger partial charge is 0.383 e. The summed E-state index contributed by atoms with van der Waals surface area (Å²) in [7, 11) is 3.83. The Kier molecular flexibility index (Phi) is 7.23. The fourth-order valence-corrected chi connectivity index (χ4v) is 2.42. The molecule has 0 bridgehead atoms. The molecule has 1 N–H and O–H groups in total. The third kappa shape index (κ3) is 5.33. The summed E-state index contributed by atoms with van der Waals surface area (Å²) in [4.78, 5) is 6.88. The number of aromatic nitrogens is 1. The van der Waals surface area contributed by atoms with Crippen LogP contribution in [-0.4, -0.2) is 38.8 Å². The van der Waals surface area contributed by atoms with E-state index in [4.69, 9.17) is 4.74 Å². The van der Waals surface area contributed by atoms with Crippen molar-refractivity contribution in [2.75, 3.05) is 38.8 Å². The molecule has 0 saturated carbocycles. The quantitative estimate of drug-likeness (QED) is 0.700. The molecule has 0 aliphatic carbocycles. The van der Waals surface area contributed by atoms with Crippen LogP contribution in [0.2, 0.25) is 0 Å². The van der Waals surface area contributed by atoms with Crippen molar-refractivity contribution < 1.29 is 4.74 Å². The number of nitrogens with one attached hydrogen (secondary N) is 1. The third-order valence-electron chi connectivity index (χ3n) is 2.94. The van der Waals surface area contributed by atoms with Crippen molar-refractivity contribution in [3.8, 4) is 0 Å². The first-order valence-corrected chi connectivity index (χ1v) is 7.40. The minimum atomic E-state index is 0.710. The van der Waals surface area contributed by atoms with E-state index in [1.54, 1.807) is 18.4 Å². The second-order valence-corrected chi connectivity index (χ2v) is 5.52. The summed E-state index contributed by atoms with van der Waals surface area (Å²) in [5.74, 6) is 0.710. The molecule has 0 aliphatic rings. The van der Waals surface area contributed by atoms with Crippen LogP contribution in [0.4, 0.5) is 5.13 Å². The van der Waals surface area contributed by atoms with E-state index in [0.717, 1.165) is 37.1 Å². The topological polar surface area (TPSA) is 37.4 Å². The Hall–Kier alpha value is -0.650. The van der Waals surface area contributed by atoms with Crippen molar-refractivity contribution in [3.63, 3.8) is 0 Å². The van der Waals surface area contributed by atoms with Gasteiger partial charge in [-0.05, 0) is 5.92 Å². The highest BCUT2D eigenvalue weighted by atomic mass is 32.1. The zero-order valence-corrected chi connectivity index (χ0v) is 12.7. The summed E-state index contributed by atoms with van der Waals surface area (Å²) in [5.41, 5.74) is 1.11. The molecule has 1 unspecified atom stereocenters. The number of hydrogen-bond acceptors (Lipinski definition) is 5. The van der Waals surface area contributed by atoms with Crippen LogP contribution in [0.15, 0.2) is 5.38 Å². The first-order chi connectivity index (χ1) is 8.67. The van der Waals surface area contributed by atoms with Gasteiger partial charge in [0, 0.05) is 39.2 Å². The Morgan fingerprint density at radius 1 is 1.56 bits per heavy atom. The number of ether oxygens (including phenoxy) is 1. The zero-order chi connectivity index (χ0) is 13.4. The van der Waals surface area contributed by atoms with Gasteiger partial charge >= 0.3 is 0 Å². The lowest BCUT2D eigenvalue weighted by atomic mass is 10.1. The monoisotopic (exact) mass is 271 g/mol. The first kappa shape index (κ1) is 15.4. The molecule has 1 rings (SSSR count). The van der Waals surface area contributed by atoms with E-state index in [1.807, 2.05) is 0 Å². The minimum absolute atomic E-state index is 0.710. The SMILES string of the molecule is CCC(C)CN(C)c1nc(CNCCOC)cs1. The molecule has 1 heterocycles. The Morgan fingerprint density at radius 3 is 3.00 bits per heavy atom. The second-order valence-electron chi connectivity index (χ2n) is 4.68. The molecule has 4 nitrogen and oxygen atoms in total. The van der Waals surface area contributed by atoms with Gasteiger partial charge in [-0.15, -0.1) is 11.3 Å². The van der Waals surface area contributed by atoms with Crippen LogP contribution < -0.4 is 10.2 Å². The van der Waals surface area contributed by atoms with Gasteiger partial charge in [0.15, 0.2) is 5.13 Å². The van der Waals surface area contributed by atoms with E-state index in [0.29, 0.717) is 5.92 Å². The van der Waals surface area contributed by atoms with Crippen molar-refractivity contribution in [1.82, 2.24) is 10.3 Å². The molecular weight excluding hydrogens is 246 g/mol. The van der Waals surface area contributed by atoms with Gasteiger partial charge in [-0.2, -0.15) is 0 Å². The van der Waals surface area contributed by atoms with Crippen LogP contribution in [0.1, 0.15) is 26.0 Å².